The molecule has 0 saturated carbocycles. The predicted octanol–water partition coefficient (Wildman–Crippen LogP) is 3.44. The van der Waals surface area contributed by atoms with Gasteiger partial charge < -0.3 is 10.5 Å². The Morgan fingerprint density at radius 1 is 0.950 bits per heavy atom. The smallest absolute Gasteiger partial charge is 0.145 e. The Kier molecular flexibility index (Phi) is 3.50. The number of hydrogen-bond donors (Lipinski definition) is 1. The Hall–Kier alpha value is -2.55. The molecular weight excluding hydrogens is 248 g/mol. The van der Waals surface area contributed by atoms with E-state index in [0.717, 1.165) is 28.8 Å². The molecule has 0 fully saturated rings. The maximum absolute atomic E-state index is 5.86. The van der Waals surface area contributed by atoms with Gasteiger partial charge in [-0.2, -0.15) is 0 Å². The van der Waals surface area contributed by atoms with E-state index in [0.29, 0.717) is 6.61 Å². The first-order valence-electron chi connectivity index (χ1n) is 6.64. The molecule has 1 heterocycles. The molecule has 0 bridgehead atoms. The zero-order valence-electron chi connectivity index (χ0n) is 11.1. The van der Waals surface area contributed by atoms with Crippen molar-refractivity contribution in [3.05, 3.63) is 66.4 Å². The second-order valence-corrected chi connectivity index (χ2v) is 4.67. The minimum absolute atomic E-state index is 0.625. The normalized spacial score (nSPS) is 10.6. The number of aromatic nitrogens is 1. The highest BCUT2D eigenvalue weighted by Gasteiger charge is 2.02. The minimum atomic E-state index is 0.625. The van der Waals surface area contributed by atoms with Crippen molar-refractivity contribution >= 4 is 16.6 Å². The summed E-state index contributed by atoms with van der Waals surface area (Å²) in [6, 6.07) is 17.8. The lowest BCUT2D eigenvalue weighted by atomic mass is 10.1. The van der Waals surface area contributed by atoms with E-state index in [2.05, 4.69) is 4.98 Å². The number of nitrogens with zero attached hydrogens (tertiary/aromatic N) is 1. The van der Waals surface area contributed by atoms with Crippen molar-refractivity contribution in [3.63, 3.8) is 0 Å². The molecule has 3 rings (SSSR count). The van der Waals surface area contributed by atoms with Crippen molar-refractivity contribution in [1.29, 1.82) is 0 Å². The maximum Gasteiger partial charge on any atom is 0.145 e. The average molecular weight is 264 g/mol. The average Bonchev–Trinajstić information content (AvgIpc) is 2.49. The lowest BCUT2D eigenvalue weighted by Gasteiger charge is -2.08. The Bertz CT molecular complexity index is 702. The van der Waals surface area contributed by atoms with Crippen molar-refractivity contribution in [2.24, 2.45) is 0 Å². The van der Waals surface area contributed by atoms with Crippen LogP contribution < -0.4 is 10.5 Å². The van der Waals surface area contributed by atoms with E-state index >= 15 is 0 Å². The Morgan fingerprint density at radius 2 is 1.75 bits per heavy atom. The van der Waals surface area contributed by atoms with E-state index in [-0.39, 0.29) is 0 Å². The van der Waals surface area contributed by atoms with Gasteiger partial charge in [0.2, 0.25) is 0 Å². The molecule has 0 atom stereocenters. The van der Waals surface area contributed by atoms with Crippen molar-refractivity contribution < 1.29 is 4.74 Å². The molecule has 0 aliphatic carbocycles. The van der Waals surface area contributed by atoms with Gasteiger partial charge in [-0.05, 0) is 29.8 Å². The summed E-state index contributed by atoms with van der Waals surface area (Å²) in [5.41, 5.74) is 8.58. The number of rotatable bonds is 4. The van der Waals surface area contributed by atoms with Gasteiger partial charge in [-0.25, -0.2) is 0 Å². The molecule has 0 aliphatic rings. The third-order valence-electron chi connectivity index (χ3n) is 3.22. The lowest BCUT2D eigenvalue weighted by molar-refractivity contribution is 0.325. The molecule has 0 unspecified atom stereocenters. The van der Waals surface area contributed by atoms with Gasteiger partial charge in [0.15, 0.2) is 0 Å². The van der Waals surface area contributed by atoms with Gasteiger partial charge in [-0.3, -0.25) is 4.98 Å². The fraction of sp³-hybridized carbons (Fsp3) is 0.118. The third-order valence-corrected chi connectivity index (χ3v) is 3.22. The molecule has 0 saturated heterocycles. The van der Waals surface area contributed by atoms with Crippen molar-refractivity contribution in [3.8, 4) is 5.75 Å². The van der Waals surface area contributed by atoms with Crippen LogP contribution in [0.4, 0.5) is 5.69 Å². The summed E-state index contributed by atoms with van der Waals surface area (Å²) in [7, 11) is 0. The van der Waals surface area contributed by atoms with E-state index in [4.69, 9.17) is 10.5 Å². The third kappa shape index (κ3) is 2.72. The molecule has 3 nitrogen and oxygen atoms in total. The summed E-state index contributed by atoms with van der Waals surface area (Å²) in [6.07, 6.45) is 2.64. The van der Waals surface area contributed by atoms with E-state index in [1.54, 1.807) is 6.20 Å². The highest BCUT2D eigenvalue weighted by molar-refractivity contribution is 5.84. The number of hydrogen-bond acceptors (Lipinski definition) is 3. The van der Waals surface area contributed by atoms with Crippen molar-refractivity contribution in [2.45, 2.75) is 6.42 Å². The highest BCUT2D eigenvalue weighted by atomic mass is 16.5. The van der Waals surface area contributed by atoms with Gasteiger partial charge in [-0.15, -0.1) is 0 Å². The van der Waals surface area contributed by atoms with Crippen LogP contribution in [0.3, 0.4) is 0 Å². The van der Waals surface area contributed by atoms with Crippen molar-refractivity contribution in [2.75, 3.05) is 12.3 Å². The summed E-state index contributed by atoms with van der Waals surface area (Å²) < 4.78 is 5.86. The van der Waals surface area contributed by atoms with Gasteiger partial charge in [-0.1, -0.05) is 30.3 Å². The fourth-order valence-electron chi connectivity index (χ4n) is 2.16. The van der Waals surface area contributed by atoms with Crippen LogP contribution in [-0.2, 0) is 6.42 Å². The molecular formula is C17H16N2O. The van der Waals surface area contributed by atoms with Crippen LogP contribution in [0.5, 0.6) is 5.75 Å². The lowest BCUT2D eigenvalue weighted by Crippen LogP contribution is -2.02. The van der Waals surface area contributed by atoms with Crippen LogP contribution in [0.15, 0.2) is 60.8 Å². The van der Waals surface area contributed by atoms with Gasteiger partial charge in [0.1, 0.15) is 11.3 Å². The predicted molar refractivity (Wildman–Crippen MR) is 81.8 cm³/mol. The van der Waals surface area contributed by atoms with Crippen LogP contribution in [0.2, 0.25) is 0 Å². The van der Waals surface area contributed by atoms with E-state index in [1.165, 1.54) is 5.56 Å². The molecule has 0 amide bonds. The van der Waals surface area contributed by atoms with Crippen LogP contribution >= 0.6 is 0 Å². The molecule has 100 valence electrons. The minimum Gasteiger partial charge on any atom is -0.491 e. The first-order valence-corrected chi connectivity index (χ1v) is 6.64. The molecule has 1 aromatic heterocycles. The summed E-state index contributed by atoms with van der Waals surface area (Å²) in [5.74, 6) is 0.832. The van der Waals surface area contributed by atoms with E-state index in [9.17, 15) is 0 Å². The van der Waals surface area contributed by atoms with Crippen LogP contribution in [0.1, 0.15) is 5.56 Å². The number of pyridine rings is 1. The molecule has 0 spiro atoms. The second-order valence-electron chi connectivity index (χ2n) is 4.67. The number of benzene rings is 2. The molecule has 3 aromatic rings. The first kappa shape index (κ1) is 12.5. The Morgan fingerprint density at radius 3 is 2.60 bits per heavy atom. The summed E-state index contributed by atoms with van der Waals surface area (Å²) in [6.45, 7) is 0.625. The van der Waals surface area contributed by atoms with Crippen LogP contribution in [0.25, 0.3) is 10.9 Å². The quantitative estimate of drug-likeness (QED) is 0.734. The molecule has 3 heteroatoms. The molecule has 2 N–H and O–H groups in total. The second kappa shape index (κ2) is 5.61. The Labute approximate surface area is 118 Å². The number of nitrogens with two attached hydrogens (primary N) is 1. The van der Waals surface area contributed by atoms with Gasteiger partial charge in [0.05, 0.1) is 6.61 Å². The van der Waals surface area contributed by atoms with Crippen LogP contribution in [-0.4, -0.2) is 11.6 Å². The highest BCUT2D eigenvalue weighted by Crippen LogP contribution is 2.23. The molecule has 2 aromatic carbocycles. The number of anilines is 1. The SMILES string of the molecule is Nc1ccc(CCOc2cccc3cccnc23)cc1. The topological polar surface area (TPSA) is 48.1 Å². The standard InChI is InChI=1S/C17H16N2O/c18-15-8-6-13(7-9-15)10-12-20-16-5-1-3-14-4-2-11-19-17(14)16/h1-9,11H,10,12,18H2. The zero-order chi connectivity index (χ0) is 13.8. The molecule has 20 heavy (non-hydrogen) atoms. The molecule has 0 radical (unpaired) electrons. The number of fused-ring (bicyclic) bond motifs is 1. The van der Waals surface area contributed by atoms with Crippen LogP contribution in [0, 0.1) is 0 Å². The summed E-state index contributed by atoms with van der Waals surface area (Å²) in [5, 5.41) is 1.09. The summed E-state index contributed by atoms with van der Waals surface area (Å²) >= 11 is 0. The van der Waals surface area contributed by atoms with E-state index < -0.39 is 0 Å². The summed E-state index contributed by atoms with van der Waals surface area (Å²) in [4.78, 5) is 4.38. The monoisotopic (exact) mass is 264 g/mol. The number of para-hydroxylation sites is 1. The number of ether oxygens (including phenoxy) is 1. The zero-order valence-corrected chi connectivity index (χ0v) is 11.1. The first-order chi connectivity index (χ1) is 9.83. The van der Waals surface area contributed by atoms with Gasteiger partial charge in [0, 0.05) is 23.7 Å². The Balaban J connectivity index is 1.69. The van der Waals surface area contributed by atoms with Gasteiger partial charge >= 0.3 is 0 Å². The van der Waals surface area contributed by atoms with Crippen molar-refractivity contribution in [1.82, 2.24) is 4.98 Å². The van der Waals surface area contributed by atoms with E-state index in [1.807, 2.05) is 54.6 Å². The number of nitrogen functional groups attached to an aromatic ring is 1. The molecule has 0 aliphatic heterocycles. The van der Waals surface area contributed by atoms with Gasteiger partial charge in [0.25, 0.3) is 0 Å². The largest absolute Gasteiger partial charge is 0.491 e. The maximum atomic E-state index is 5.86. The fourth-order valence-corrected chi connectivity index (χ4v) is 2.16.